The Morgan fingerprint density at radius 1 is 1.38 bits per heavy atom. The molecule has 0 aromatic carbocycles. The summed E-state index contributed by atoms with van der Waals surface area (Å²) in [5.74, 6) is 0.550. The molecule has 1 aromatic heterocycles. The summed E-state index contributed by atoms with van der Waals surface area (Å²) in [5.41, 5.74) is 2.53. The maximum Gasteiger partial charge on any atom is 0.0767 e. The summed E-state index contributed by atoms with van der Waals surface area (Å²) >= 11 is 0. The van der Waals surface area contributed by atoms with Crippen LogP contribution in [0.1, 0.15) is 31.2 Å². The van der Waals surface area contributed by atoms with Gasteiger partial charge >= 0.3 is 0 Å². The number of nitrogens with zero attached hydrogens (tertiary/aromatic N) is 3. The molecule has 0 unspecified atom stereocenters. The van der Waals surface area contributed by atoms with Crippen molar-refractivity contribution in [2.45, 2.75) is 26.3 Å². The Hall–Kier alpha value is -0.870. The molecule has 1 N–H and O–H groups in total. The smallest absolute Gasteiger partial charge is 0.0767 e. The SMILES string of the molecule is CC(C)c1cc(CN2CCNCC2)nn1C. The first-order valence-electron chi connectivity index (χ1n) is 6.12. The Morgan fingerprint density at radius 2 is 2.06 bits per heavy atom. The van der Waals surface area contributed by atoms with Gasteiger partial charge in [-0.1, -0.05) is 13.8 Å². The molecule has 0 atom stereocenters. The van der Waals surface area contributed by atoms with Crippen LogP contribution in [0.5, 0.6) is 0 Å². The molecule has 0 bridgehead atoms. The van der Waals surface area contributed by atoms with Crippen molar-refractivity contribution in [2.24, 2.45) is 7.05 Å². The van der Waals surface area contributed by atoms with Gasteiger partial charge in [0.25, 0.3) is 0 Å². The van der Waals surface area contributed by atoms with Crippen molar-refractivity contribution >= 4 is 0 Å². The number of hydrogen-bond donors (Lipinski definition) is 1. The highest BCUT2D eigenvalue weighted by molar-refractivity contribution is 5.13. The third-order valence-corrected chi connectivity index (χ3v) is 3.15. The highest BCUT2D eigenvalue weighted by Gasteiger charge is 2.13. The van der Waals surface area contributed by atoms with Gasteiger partial charge in [0.05, 0.1) is 5.69 Å². The summed E-state index contributed by atoms with van der Waals surface area (Å²) in [6, 6.07) is 2.24. The first kappa shape index (κ1) is 11.6. The van der Waals surface area contributed by atoms with E-state index in [1.807, 2.05) is 11.7 Å². The molecule has 1 aromatic rings. The highest BCUT2D eigenvalue weighted by Crippen LogP contribution is 2.15. The zero-order chi connectivity index (χ0) is 11.5. The van der Waals surface area contributed by atoms with Gasteiger partial charge in [-0.2, -0.15) is 5.10 Å². The first-order valence-corrected chi connectivity index (χ1v) is 6.12. The Kier molecular flexibility index (Phi) is 3.61. The summed E-state index contributed by atoms with van der Waals surface area (Å²) in [6.07, 6.45) is 0. The number of hydrogen-bond acceptors (Lipinski definition) is 3. The van der Waals surface area contributed by atoms with Crippen LogP contribution < -0.4 is 5.32 Å². The zero-order valence-electron chi connectivity index (χ0n) is 10.5. The third kappa shape index (κ3) is 2.62. The molecule has 90 valence electrons. The van der Waals surface area contributed by atoms with Crippen molar-refractivity contribution in [3.8, 4) is 0 Å². The minimum absolute atomic E-state index is 0.550. The van der Waals surface area contributed by atoms with E-state index in [9.17, 15) is 0 Å². The van der Waals surface area contributed by atoms with E-state index in [2.05, 4.69) is 35.2 Å². The van der Waals surface area contributed by atoms with E-state index in [0.29, 0.717) is 5.92 Å². The van der Waals surface area contributed by atoms with Crippen LogP contribution in [0.2, 0.25) is 0 Å². The van der Waals surface area contributed by atoms with Gasteiger partial charge in [0.2, 0.25) is 0 Å². The number of nitrogens with one attached hydrogen (secondary N) is 1. The Morgan fingerprint density at radius 3 is 2.62 bits per heavy atom. The molecule has 2 heterocycles. The van der Waals surface area contributed by atoms with Crippen LogP contribution in [0, 0.1) is 0 Å². The Labute approximate surface area is 97.6 Å². The summed E-state index contributed by atoms with van der Waals surface area (Å²) in [5, 5.41) is 7.95. The summed E-state index contributed by atoms with van der Waals surface area (Å²) in [7, 11) is 2.04. The average Bonchev–Trinajstić information content (AvgIpc) is 2.61. The van der Waals surface area contributed by atoms with Crippen LogP contribution >= 0.6 is 0 Å². The van der Waals surface area contributed by atoms with E-state index in [1.54, 1.807) is 0 Å². The van der Waals surface area contributed by atoms with Crippen LogP contribution in [-0.4, -0.2) is 40.9 Å². The number of piperazine rings is 1. The molecule has 0 aliphatic carbocycles. The predicted molar refractivity (Wildman–Crippen MR) is 65.4 cm³/mol. The van der Waals surface area contributed by atoms with E-state index in [1.165, 1.54) is 11.4 Å². The van der Waals surface area contributed by atoms with Crippen LogP contribution in [0.4, 0.5) is 0 Å². The van der Waals surface area contributed by atoms with Gasteiger partial charge in [-0.3, -0.25) is 9.58 Å². The first-order chi connectivity index (χ1) is 7.66. The van der Waals surface area contributed by atoms with E-state index >= 15 is 0 Å². The van der Waals surface area contributed by atoms with Gasteiger partial charge in [0.1, 0.15) is 0 Å². The molecule has 16 heavy (non-hydrogen) atoms. The quantitative estimate of drug-likeness (QED) is 0.826. The second-order valence-corrected chi connectivity index (χ2v) is 4.86. The third-order valence-electron chi connectivity index (χ3n) is 3.15. The molecule has 1 aliphatic heterocycles. The van der Waals surface area contributed by atoms with E-state index < -0.39 is 0 Å². The molecule has 4 nitrogen and oxygen atoms in total. The molecule has 0 amide bonds. The van der Waals surface area contributed by atoms with Crippen molar-refractivity contribution in [3.05, 3.63) is 17.5 Å². The van der Waals surface area contributed by atoms with Crippen LogP contribution in [0.15, 0.2) is 6.07 Å². The average molecular weight is 222 g/mol. The lowest BCUT2D eigenvalue weighted by Crippen LogP contribution is -2.42. The van der Waals surface area contributed by atoms with E-state index in [4.69, 9.17) is 0 Å². The Balaban J connectivity index is 2.01. The molecule has 1 aliphatic rings. The minimum Gasteiger partial charge on any atom is -0.314 e. The second kappa shape index (κ2) is 4.97. The summed E-state index contributed by atoms with van der Waals surface area (Å²) in [4.78, 5) is 2.46. The van der Waals surface area contributed by atoms with Crippen LogP contribution in [-0.2, 0) is 13.6 Å². The molecule has 4 heteroatoms. The van der Waals surface area contributed by atoms with Gasteiger partial charge in [-0.25, -0.2) is 0 Å². The molecule has 0 saturated carbocycles. The van der Waals surface area contributed by atoms with Crippen molar-refractivity contribution in [2.75, 3.05) is 26.2 Å². The van der Waals surface area contributed by atoms with Crippen molar-refractivity contribution in [1.82, 2.24) is 20.0 Å². The number of aromatic nitrogens is 2. The van der Waals surface area contributed by atoms with E-state index in [-0.39, 0.29) is 0 Å². The lowest BCUT2D eigenvalue weighted by molar-refractivity contribution is 0.230. The molecule has 2 rings (SSSR count). The number of aryl methyl sites for hydroxylation is 1. The molecule has 0 spiro atoms. The van der Waals surface area contributed by atoms with Gasteiger partial charge in [0.15, 0.2) is 0 Å². The molecular weight excluding hydrogens is 200 g/mol. The summed E-state index contributed by atoms with van der Waals surface area (Å²) in [6.45, 7) is 9.88. The fourth-order valence-electron chi connectivity index (χ4n) is 2.26. The largest absolute Gasteiger partial charge is 0.314 e. The fraction of sp³-hybridized carbons (Fsp3) is 0.750. The number of rotatable bonds is 3. The standard InChI is InChI=1S/C12H22N4/c1-10(2)12-8-11(14-15(12)3)9-16-6-4-13-5-7-16/h8,10,13H,4-7,9H2,1-3H3. The molecular formula is C12H22N4. The molecule has 0 radical (unpaired) electrons. The van der Waals surface area contributed by atoms with Gasteiger partial charge in [-0.05, 0) is 12.0 Å². The van der Waals surface area contributed by atoms with E-state index in [0.717, 1.165) is 32.7 Å². The van der Waals surface area contributed by atoms with Crippen molar-refractivity contribution in [1.29, 1.82) is 0 Å². The van der Waals surface area contributed by atoms with Crippen LogP contribution in [0.25, 0.3) is 0 Å². The topological polar surface area (TPSA) is 33.1 Å². The second-order valence-electron chi connectivity index (χ2n) is 4.86. The lowest BCUT2D eigenvalue weighted by atomic mass is 10.1. The minimum atomic E-state index is 0.550. The lowest BCUT2D eigenvalue weighted by Gasteiger charge is -2.26. The van der Waals surface area contributed by atoms with Crippen molar-refractivity contribution in [3.63, 3.8) is 0 Å². The molecule has 1 saturated heterocycles. The molecule has 1 fully saturated rings. The fourth-order valence-corrected chi connectivity index (χ4v) is 2.26. The monoisotopic (exact) mass is 222 g/mol. The van der Waals surface area contributed by atoms with Gasteiger partial charge < -0.3 is 5.32 Å². The normalized spacial score (nSPS) is 18.2. The van der Waals surface area contributed by atoms with Gasteiger partial charge in [-0.15, -0.1) is 0 Å². The maximum atomic E-state index is 4.58. The maximum absolute atomic E-state index is 4.58. The van der Waals surface area contributed by atoms with Crippen molar-refractivity contribution < 1.29 is 0 Å². The van der Waals surface area contributed by atoms with Crippen LogP contribution in [0.3, 0.4) is 0 Å². The van der Waals surface area contributed by atoms with Gasteiger partial charge in [0, 0.05) is 45.5 Å². The Bertz CT molecular complexity index is 337. The highest BCUT2D eigenvalue weighted by atomic mass is 15.3. The summed E-state index contributed by atoms with van der Waals surface area (Å²) < 4.78 is 2.02. The predicted octanol–water partition coefficient (Wildman–Crippen LogP) is 0.949. The zero-order valence-corrected chi connectivity index (χ0v) is 10.5.